The van der Waals surface area contributed by atoms with Gasteiger partial charge in [-0.05, 0) is 26.3 Å². The summed E-state index contributed by atoms with van der Waals surface area (Å²) < 4.78 is 5.00. The Morgan fingerprint density at radius 1 is 1.41 bits per heavy atom. The Hall–Kier alpha value is -2.64. The number of nitro benzene ring substituents is 1. The number of carboxylic acids is 1. The maximum absolute atomic E-state index is 11.6. The van der Waals surface area contributed by atoms with Crippen molar-refractivity contribution < 1.29 is 24.4 Å². The van der Waals surface area contributed by atoms with Gasteiger partial charge in [0.15, 0.2) is 0 Å². The quantitative estimate of drug-likeness (QED) is 0.635. The van der Waals surface area contributed by atoms with E-state index in [1.54, 1.807) is 26.8 Å². The maximum Gasteiger partial charge on any atom is 0.408 e. The lowest BCUT2D eigenvalue weighted by Crippen LogP contribution is -2.44. The van der Waals surface area contributed by atoms with Gasteiger partial charge in [0, 0.05) is 18.6 Å². The van der Waals surface area contributed by atoms with Crippen molar-refractivity contribution in [1.29, 1.82) is 0 Å². The molecule has 0 heterocycles. The molecule has 1 atom stereocenters. The van der Waals surface area contributed by atoms with Crippen LogP contribution in [-0.4, -0.2) is 33.7 Å². The zero-order valence-electron chi connectivity index (χ0n) is 12.5. The van der Waals surface area contributed by atoms with Crippen LogP contribution in [0.1, 0.15) is 26.3 Å². The Labute approximate surface area is 127 Å². The molecule has 0 saturated heterocycles. The molecule has 1 amide bonds. The van der Waals surface area contributed by atoms with Crippen molar-refractivity contribution in [2.75, 3.05) is 0 Å². The lowest BCUT2D eigenvalue weighted by atomic mass is 10.1. The van der Waals surface area contributed by atoms with Crippen molar-refractivity contribution in [2.24, 2.45) is 0 Å². The van der Waals surface area contributed by atoms with Crippen LogP contribution in [0.2, 0.25) is 0 Å². The number of hydrogen-bond acceptors (Lipinski definition) is 5. The van der Waals surface area contributed by atoms with E-state index in [1.807, 2.05) is 0 Å². The lowest BCUT2D eigenvalue weighted by Gasteiger charge is -2.22. The molecule has 0 bridgehead atoms. The number of aliphatic carboxylic acids is 1. The normalized spacial score (nSPS) is 12.3. The van der Waals surface area contributed by atoms with Gasteiger partial charge in [-0.1, -0.05) is 12.1 Å². The van der Waals surface area contributed by atoms with Crippen molar-refractivity contribution in [3.63, 3.8) is 0 Å². The first-order valence-electron chi connectivity index (χ1n) is 6.54. The van der Waals surface area contributed by atoms with Gasteiger partial charge in [0.2, 0.25) is 0 Å². The molecule has 0 aliphatic heterocycles. The van der Waals surface area contributed by atoms with E-state index in [4.69, 9.17) is 9.84 Å². The Balaban J connectivity index is 2.81. The highest BCUT2D eigenvalue weighted by atomic mass is 16.6. The molecule has 120 valence electrons. The topological polar surface area (TPSA) is 119 Å². The summed E-state index contributed by atoms with van der Waals surface area (Å²) in [4.78, 5) is 33.0. The van der Waals surface area contributed by atoms with Gasteiger partial charge in [0.25, 0.3) is 5.69 Å². The number of benzene rings is 1. The number of non-ortho nitro benzene ring substituents is 1. The fourth-order valence-corrected chi connectivity index (χ4v) is 1.68. The predicted molar refractivity (Wildman–Crippen MR) is 77.6 cm³/mol. The molecule has 0 aliphatic rings. The van der Waals surface area contributed by atoms with Gasteiger partial charge in [0.1, 0.15) is 11.6 Å². The van der Waals surface area contributed by atoms with E-state index in [9.17, 15) is 19.7 Å². The van der Waals surface area contributed by atoms with Crippen LogP contribution in [-0.2, 0) is 16.0 Å². The molecule has 1 rings (SSSR count). The summed E-state index contributed by atoms with van der Waals surface area (Å²) in [7, 11) is 0. The van der Waals surface area contributed by atoms with Gasteiger partial charge in [-0.25, -0.2) is 9.59 Å². The van der Waals surface area contributed by atoms with Gasteiger partial charge < -0.3 is 15.2 Å². The molecule has 8 nitrogen and oxygen atoms in total. The molecule has 8 heteroatoms. The van der Waals surface area contributed by atoms with Gasteiger partial charge in [-0.15, -0.1) is 0 Å². The summed E-state index contributed by atoms with van der Waals surface area (Å²) in [5.41, 5.74) is -0.463. The third-order valence-corrected chi connectivity index (χ3v) is 2.55. The highest BCUT2D eigenvalue weighted by Gasteiger charge is 2.24. The van der Waals surface area contributed by atoms with Crippen molar-refractivity contribution in [3.8, 4) is 0 Å². The SMILES string of the molecule is CC(C)(C)OC(=O)NC(Cc1cccc([N+](=O)[O-])c1)C(=O)O. The summed E-state index contributed by atoms with van der Waals surface area (Å²) >= 11 is 0. The number of amides is 1. The molecule has 1 unspecified atom stereocenters. The first kappa shape index (κ1) is 17.4. The summed E-state index contributed by atoms with van der Waals surface area (Å²) in [6.45, 7) is 4.97. The number of carbonyl (C=O) groups excluding carboxylic acids is 1. The van der Waals surface area contributed by atoms with Crippen LogP contribution < -0.4 is 5.32 Å². The van der Waals surface area contributed by atoms with E-state index in [1.165, 1.54) is 18.2 Å². The molecule has 0 aromatic heterocycles. The number of nitro groups is 1. The highest BCUT2D eigenvalue weighted by Crippen LogP contribution is 2.15. The third kappa shape index (κ3) is 5.78. The number of carboxylic acid groups (broad SMARTS) is 1. The molecular weight excluding hydrogens is 292 g/mol. The monoisotopic (exact) mass is 310 g/mol. The Morgan fingerprint density at radius 3 is 2.55 bits per heavy atom. The van der Waals surface area contributed by atoms with E-state index < -0.39 is 28.6 Å². The molecular formula is C14H18N2O6. The summed E-state index contributed by atoms with van der Waals surface area (Å²) in [6.07, 6.45) is -0.943. The second-order valence-electron chi connectivity index (χ2n) is 5.67. The summed E-state index contributed by atoms with van der Waals surface area (Å²) in [5.74, 6) is -1.25. The van der Waals surface area contributed by atoms with Gasteiger partial charge in [-0.2, -0.15) is 0 Å². The average Bonchev–Trinajstić information content (AvgIpc) is 2.35. The fraction of sp³-hybridized carbons (Fsp3) is 0.429. The van der Waals surface area contributed by atoms with Crippen LogP contribution in [0.4, 0.5) is 10.5 Å². The Morgan fingerprint density at radius 2 is 2.05 bits per heavy atom. The molecule has 1 aromatic rings. The van der Waals surface area contributed by atoms with Crippen molar-refractivity contribution in [3.05, 3.63) is 39.9 Å². The van der Waals surface area contributed by atoms with Crippen molar-refractivity contribution in [2.45, 2.75) is 38.8 Å². The van der Waals surface area contributed by atoms with E-state index in [0.29, 0.717) is 5.56 Å². The van der Waals surface area contributed by atoms with Crippen LogP contribution >= 0.6 is 0 Å². The smallest absolute Gasteiger partial charge is 0.408 e. The molecule has 0 radical (unpaired) electrons. The van der Waals surface area contributed by atoms with Crippen LogP contribution in [0.5, 0.6) is 0 Å². The maximum atomic E-state index is 11.6. The van der Waals surface area contributed by atoms with Gasteiger partial charge >= 0.3 is 12.1 Å². The van der Waals surface area contributed by atoms with Crippen LogP contribution in [0.3, 0.4) is 0 Å². The van der Waals surface area contributed by atoms with Crippen LogP contribution in [0, 0.1) is 10.1 Å². The second-order valence-corrected chi connectivity index (χ2v) is 5.67. The minimum Gasteiger partial charge on any atom is -0.480 e. The Bertz CT molecular complexity index is 579. The first-order valence-corrected chi connectivity index (χ1v) is 6.54. The van der Waals surface area contributed by atoms with Crippen molar-refractivity contribution >= 4 is 17.7 Å². The van der Waals surface area contributed by atoms with E-state index in [-0.39, 0.29) is 12.1 Å². The molecule has 22 heavy (non-hydrogen) atoms. The first-order chi connectivity index (χ1) is 10.1. The van der Waals surface area contributed by atoms with E-state index in [0.717, 1.165) is 0 Å². The average molecular weight is 310 g/mol. The number of rotatable bonds is 5. The molecule has 1 aromatic carbocycles. The largest absolute Gasteiger partial charge is 0.480 e. The highest BCUT2D eigenvalue weighted by molar-refractivity contribution is 5.80. The zero-order chi connectivity index (χ0) is 16.9. The number of alkyl carbamates (subject to hydrolysis) is 1. The van der Waals surface area contributed by atoms with E-state index in [2.05, 4.69) is 5.32 Å². The number of nitrogens with one attached hydrogen (secondary N) is 1. The Kier molecular flexibility index (Phi) is 5.44. The minimum absolute atomic E-state index is 0.0870. The number of nitrogens with zero attached hydrogens (tertiary/aromatic N) is 1. The van der Waals surface area contributed by atoms with E-state index >= 15 is 0 Å². The molecule has 0 aliphatic carbocycles. The van der Waals surface area contributed by atoms with Crippen LogP contribution in [0.15, 0.2) is 24.3 Å². The van der Waals surface area contributed by atoms with Gasteiger partial charge in [-0.3, -0.25) is 10.1 Å². The second kappa shape index (κ2) is 6.88. The van der Waals surface area contributed by atoms with Crippen LogP contribution in [0.25, 0.3) is 0 Å². The minimum atomic E-state index is -1.25. The number of hydrogen-bond donors (Lipinski definition) is 2. The number of ether oxygens (including phenoxy) is 1. The fourth-order valence-electron chi connectivity index (χ4n) is 1.68. The predicted octanol–water partition coefficient (Wildman–Crippen LogP) is 2.12. The molecule has 0 fully saturated rings. The zero-order valence-corrected chi connectivity index (χ0v) is 12.5. The molecule has 0 saturated carbocycles. The number of carbonyl (C=O) groups is 2. The third-order valence-electron chi connectivity index (χ3n) is 2.55. The standard InChI is InChI=1S/C14H18N2O6/c1-14(2,3)22-13(19)15-11(12(17)18)8-9-5-4-6-10(7-9)16(20)21/h4-7,11H,8H2,1-3H3,(H,15,19)(H,17,18). The molecule has 0 spiro atoms. The van der Waals surface area contributed by atoms with Crippen molar-refractivity contribution in [1.82, 2.24) is 5.32 Å². The lowest BCUT2D eigenvalue weighted by molar-refractivity contribution is -0.384. The summed E-state index contributed by atoms with van der Waals surface area (Å²) in [6, 6.07) is 4.35. The van der Waals surface area contributed by atoms with Gasteiger partial charge in [0.05, 0.1) is 4.92 Å². The molecule has 2 N–H and O–H groups in total. The summed E-state index contributed by atoms with van der Waals surface area (Å²) in [5, 5.41) is 22.1.